The summed E-state index contributed by atoms with van der Waals surface area (Å²) in [6.45, 7) is 6.00. The normalized spacial score (nSPS) is 24.5. The smallest absolute Gasteiger partial charge is 0.255 e. The monoisotopic (exact) mass is 309 g/mol. The van der Waals surface area contributed by atoms with Crippen LogP contribution in [0.1, 0.15) is 28.8 Å². The highest BCUT2D eigenvalue weighted by molar-refractivity contribution is 5.99. The van der Waals surface area contributed by atoms with Crippen molar-refractivity contribution >= 4 is 16.8 Å². The second-order valence-electron chi connectivity index (χ2n) is 6.86. The van der Waals surface area contributed by atoms with Gasteiger partial charge in [-0.25, -0.2) is 0 Å². The molecule has 1 aromatic heterocycles. The van der Waals surface area contributed by atoms with E-state index in [1.54, 1.807) is 6.20 Å². The molecule has 2 atom stereocenters. The highest BCUT2D eigenvalue weighted by Gasteiger charge is 2.32. The molecule has 4 heteroatoms. The molecule has 4 rings (SSSR count). The summed E-state index contributed by atoms with van der Waals surface area (Å²) in [6, 6.07) is 8.03. The van der Waals surface area contributed by atoms with E-state index in [9.17, 15) is 4.79 Å². The van der Waals surface area contributed by atoms with Crippen LogP contribution in [0, 0.1) is 18.8 Å². The highest BCUT2D eigenvalue weighted by atomic mass is 16.2. The van der Waals surface area contributed by atoms with Gasteiger partial charge >= 0.3 is 0 Å². The van der Waals surface area contributed by atoms with E-state index in [1.165, 1.54) is 0 Å². The number of nitrogens with one attached hydrogen (secondary N) is 1. The summed E-state index contributed by atoms with van der Waals surface area (Å²) in [5, 5.41) is 4.56. The summed E-state index contributed by atoms with van der Waals surface area (Å²) in [5.41, 5.74) is 2.76. The number of aromatic nitrogens is 1. The molecule has 1 N–H and O–H groups in total. The number of nitrogens with zero attached hydrogens (tertiary/aromatic N) is 2. The molecule has 4 nitrogen and oxygen atoms in total. The molecular formula is C19H23N3O. The van der Waals surface area contributed by atoms with Crippen LogP contribution in [0.5, 0.6) is 0 Å². The maximum Gasteiger partial charge on any atom is 0.255 e. The van der Waals surface area contributed by atoms with Crippen molar-refractivity contribution in [1.29, 1.82) is 0 Å². The number of pyridine rings is 1. The number of rotatable bonds is 1. The van der Waals surface area contributed by atoms with Crippen LogP contribution in [0.3, 0.4) is 0 Å². The van der Waals surface area contributed by atoms with Crippen molar-refractivity contribution in [2.45, 2.75) is 19.8 Å². The molecule has 120 valence electrons. The van der Waals surface area contributed by atoms with E-state index in [-0.39, 0.29) is 5.91 Å². The summed E-state index contributed by atoms with van der Waals surface area (Å²) in [7, 11) is 0. The van der Waals surface area contributed by atoms with E-state index >= 15 is 0 Å². The number of hydrogen-bond acceptors (Lipinski definition) is 3. The van der Waals surface area contributed by atoms with Gasteiger partial charge in [0.15, 0.2) is 0 Å². The first kappa shape index (κ1) is 14.6. The Labute approximate surface area is 136 Å². The molecule has 2 aromatic rings. The first-order chi connectivity index (χ1) is 11.2. The van der Waals surface area contributed by atoms with E-state index in [2.05, 4.69) is 10.3 Å². The van der Waals surface area contributed by atoms with Gasteiger partial charge < -0.3 is 10.2 Å². The van der Waals surface area contributed by atoms with Crippen molar-refractivity contribution in [3.05, 3.63) is 41.6 Å². The van der Waals surface area contributed by atoms with Gasteiger partial charge in [-0.1, -0.05) is 18.2 Å². The third-order valence-corrected chi connectivity index (χ3v) is 5.58. The summed E-state index contributed by atoms with van der Waals surface area (Å²) in [4.78, 5) is 19.5. The fraction of sp³-hybridized carbons (Fsp3) is 0.474. The Morgan fingerprint density at radius 2 is 1.87 bits per heavy atom. The lowest BCUT2D eigenvalue weighted by Crippen LogP contribution is -2.33. The van der Waals surface area contributed by atoms with Crippen molar-refractivity contribution in [3.63, 3.8) is 0 Å². The molecule has 0 saturated carbocycles. The van der Waals surface area contributed by atoms with Crippen molar-refractivity contribution in [2.75, 3.05) is 26.2 Å². The molecule has 2 aliphatic rings. The molecular weight excluding hydrogens is 286 g/mol. The van der Waals surface area contributed by atoms with E-state index in [4.69, 9.17) is 0 Å². The minimum atomic E-state index is 0.147. The minimum Gasteiger partial charge on any atom is -0.339 e. The Morgan fingerprint density at radius 3 is 2.61 bits per heavy atom. The average Bonchev–Trinajstić information content (AvgIpc) is 2.93. The topological polar surface area (TPSA) is 45.2 Å². The number of fused-ring (bicyclic) bond motifs is 2. The Balaban J connectivity index is 1.60. The maximum absolute atomic E-state index is 13.0. The van der Waals surface area contributed by atoms with Gasteiger partial charge in [-0.15, -0.1) is 0 Å². The number of aryl methyl sites for hydroxylation is 1. The van der Waals surface area contributed by atoms with Gasteiger partial charge in [0.1, 0.15) is 0 Å². The summed E-state index contributed by atoms with van der Waals surface area (Å²) >= 11 is 0. The zero-order valence-corrected chi connectivity index (χ0v) is 13.6. The number of para-hydroxylation sites is 1. The number of hydrogen-bond donors (Lipinski definition) is 1. The van der Waals surface area contributed by atoms with Gasteiger partial charge in [0, 0.05) is 24.7 Å². The molecule has 0 spiro atoms. The van der Waals surface area contributed by atoms with Crippen LogP contribution in [0.4, 0.5) is 0 Å². The summed E-state index contributed by atoms with van der Waals surface area (Å²) in [5.74, 6) is 1.63. The standard InChI is InChI=1S/C19H23N3O/c1-13-16-4-2-3-5-18(16)21-12-17(13)19(23)22-8-6-14-10-20-11-15(14)7-9-22/h2-5,12,14-15,20H,6-11H2,1H3/t14-,15+. The highest BCUT2D eigenvalue weighted by Crippen LogP contribution is 2.28. The second kappa shape index (κ2) is 5.93. The number of carbonyl (C=O) groups excluding carboxylic acids is 1. The van der Waals surface area contributed by atoms with Crippen molar-refractivity contribution < 1.29 is 4.79 Å². The molecule has 1 aromatic carbocycles. The van der Waals surface area contributed by atoms with Crippen LogP contribution >= 0.6 is 0 Å². The number of amides is 1. The average molecular weight is 309 g/mol. The first-order valence-electron chi connectivity index (χ1n) is 8.58. The van der Waals surface area contributed by atoms with Gasteiger partial charge in [0.25, 0.3) is 5.91 Å². The molecule has 1 amide bonds. The molecule has 0 unspecified atom stereocenters. The first-order valence-corrected chi connectivity index (χ1v) is 8.58. The van der Waals surface area contributed by atoms with Crippen LogP contribution in [0.15, 0.2) is 30.5 Å². The van der Waals surface area contributed by atoms with Crippen LogP contribution in [-0.2, 0) is 0 Å². The zero-order valence-electron chi connectivity index (χ0n) is 13.6. The molecule has 3 heterocycles. The van der Waals surface area contributed by atoms with Gasteiger partial charge in [-0.3, -0.25) is 9.78 Å². The molecule has 0 radical (unpaired) electrons. The fourth-order valence-corrected chi connectivity index (χ4v) is 4.09. The van der Waals surface area contributed by atoms with Crippen LogP contribution < -0.4 is 5.32 Å². The second-order valence-corrected chi connectivity index (χ2v) is 6.86. The SMILES string of the molecule is Cc1c(C(=O)N2CC[C@@H]3CNC[C@@H]3CC2)cnc2ccccc12. The van der Waals surface area contributed by atoms with Crippen molar-refractivity contribution in [3.8, 4) is 0 Å². The van der Waals surface area contributed by atoms with Gasteiger partial charge in [0.2, 0.25) is 0 Å². The predicted molar refractivity (Wildman–Crippen MR) is 91.5 cm³/mol. The number of carbonyl (C=O) groups is 1. The van der Waals surface area contributed by atoms with E-state index in [1.807, 2.05) is 36.1 Å². The molecule has 0 aliphatic carbocycles. The lowest BCUT2D eigenvalue weighted by atomic mass is 9.92. The Kier molecular flexibility index (Phi) is 3.77. The van der Waals surface area contributed by atoms with Gasteiger partial charge in [-0.05, 0) is 56.3 Å². The quantitative estimate of drug-likeness (QED) is 0.881. The minimum absolute atomic E-state index is 0.147. The number of likely N-dealkylation sites (tertiary alicyclic amines) is 1. The van der Waals surface area contributed by atoms with Crippen molar-refractivity contribution in [2.24, 2.45) is 11.8 Å². The zero-order chi connectivity index (χ0) is 15.8. The molecule has 2 aliphatic heterocycles. The van der Waals surface area contributed by atoms with E-state index < -0.39 is 0 Å². The third-order valence-electron chi connectivity index (χ3n) is 5.58. The largest absolute Gasteiger partial charge is 0.339 e. The lowest BCUT2D eigenvalue weighted by molar-refractivity contribution is 0.0757. The Bertz CT molecular complexity index is 728. The van der Waals surface area contributed by atoms with Crippen LogP contribution in [-0.4, -0.2) is 42.0 Å². The summed E-state index contributed by atoms with van der Waals surface area (Å²) < 4.78 is 0. The molecule has 23 heavy (non-hydrogen) atoms. The molecule has 2 fully saturated rings. The fourth-order valence-electron chi connectivity index (χ4n) is 4.09. The van der Waals surface area contributed by atoms with E-state index in [0.717, 1.165) is 72.9 Å². The van der Waals surface area contributed by atoms with Crippen molar-refractivity contribution in [1.82, 2.24) is 15.2 Å². The van der Waals surface area contributed by atoms with Crippen LogP contribution in [0.25, 0.3) is 10.9 Å². The molecule has 0 bridgehead atoms. The summed E-state index contributed by atoms with van der Waals surface area (Å²) in [6.07, 6.45) is 3.99. The molecule has 2 saturated heterocycles. The van der Waals surface area contributed by atoms with Crippen LogP contribution in [0.2, 0.25) is 0 Å². The third kappa shape index (κ3) is 2.61. The van der Waals surface area contributed by atoms with Gasteiger partial charge in [0.05, 0.1) is 11.1 Å². The lowest BCUT2D eigenvalue weighted by Gasteiger charge is -2.22. The Morgan fingerprint density at radius 1 is 1.17 bits per heavy atom. The predicted octanol–water partition coefficient (Wildman–Crippen LogP) is 2.61. The van der Waals surface area contributed by atoms with E-state index in [0.29, 0.717) is 0 Å². The maximum atomic E-state index is 13.0. The van der Waals surface area contributed by atoms with Gasteiger partial charge in [-0.2, -0.15) is 0 Å². The Hall–Kier alpha value is -1.94. The number of benzene rings is 1.